The van der Waals surface area contributed by atoms with Crippen molar-refractivity contribution in [1.29, 1.82) is 0 Å². The lowest BCUT2D eigenvalue weighted by Gasteiger charge is -2.34. The second kappa shape index (κ2) is 4.93. The summed E-state index contributed by atoms with van der Waals surface area (Å²) in [4.78, 5) is 0. The average molecular weight is 304 g/mol. The Bertz CT molecular complexity index is 802. The molecule has 0 amide bonds. The zero-order chi connectivity index (χ0) is 15.6. The summed E-state index contributed by atoms with van der Waals surface area (Å²) in [6.07, 6.45) is 9.63. The first kappa shape index (κ1) is 13.8. The van der Waals surface area contributed by atoms with Crippen molar-refractivity contribution in [3.05, 3.63) is 52.2 Å². The van der Waals surface area contributed by atoms with Gasteiger partial charge >= 0.3 is 0 Å². The molecule has 2 aromatic rings. The van der Waals surface area contributed by atoms with Crippen LogP contribution >= 0.6 is 0 Å². The second-order valence-electron chi connectivity index (χ2n) is 7.88. The quantitative estimate of drug-likeness (QED) is 0.671. The number of benzene rings is 1. The van der Waals surface area contributed by atoms with Crippen LogP contribution in [-0.2, 0) is 19.9 Å². The molecule has 0 fully saturated rings. The minimum absolute atomic E-state index is 0.853. The minimum Gasteiger partial charge on any atom is -0.198 e. The van der Waals surface area contributed by atoms with Gasteiger partial charge in [-0.05, 0) is 74.5 Å². The average Bonchev–Trinajstić information content (AvgIpc) is 3.01. The predicted octanol–water partition coefficient (Wildman–Crippen LogP) is 4.73. The standard InChI is InChI=1S/C22H26N/c1-14-6-3-4-8-17(14)22-18-9-5-7-15-10-11-16-12-13-19(23(22)2)21(16)20(15)18/h3-4,6,8,15-16H,5,7,9-13H2,1-2H3/q+1. The highest BCUT2D eigenvalue weighted by atomic mass is 15.0. The summed E-state index contributed by atoms with van der Waals surface area (Å²) in [5.74, 6) is 1.72. The predicted molar refractivity (Wildman–Crippen MR) is 93.8 cm³/mol. The van der Waals surface area contributed by atoms with E-state index in [1.54, 1.807) is 22.4 Å². The molecule has 1 aromatic heterocycles. The lowest BCUT2D eigenvalue weighted by Crippen LogP contribution is -2.40. The largest absolute Gasteiger partial charge is 0.216 e. The van der Waals surface area contributed by atoms with Gasteiger partial charge in [-0.25, -0.2) is 0 Å². The van der Waals surface area contributed by atoms with E-state index in [4.69, 9.17) is 0 Å². The van der Waals surface area contributed by atoms with Crippen molar-refractivity contribution in [3.63, 3.8) is 0 Å². The van der Waals surface area contributed by atoms with Crippen LogP contribution in [0.4, 0.5) is 0 Å². The van der Waals surface area contributed by atoms with E-state index in [0.717, 1.165) is 11.8 Å². The van der Waals surface area contributed by atoms with Crippen molar-refractivity contribution in [3.8, 4) is 11.3 Å². The summed E-state index contributed by atoms with van der Waals surface area (Å²) in [5, 5.41) is 0. The summed E-state index contributed by atoms with van der Waals surface area (Å²) < 4.78 is 2.57. The molecule has 1 aromatic carbocycles. The third-order valence-electron chi connectivity index (χ3n) is 6.74. The molecule has 3 aliphatic carbocycles. The molecule has 0 bridgehead atoms. The number of pyridine rings is 1. The van der Waals surface area contributed by atoms with Crippen LogP contribution in [0, 0.1) is 6.92 Å². The van der Waals surface area contributed by atoms with E-state index in [2.05, 4.69) is 42.8 Å². The van der Waals surface area contributed by atoms with Gasteiger partial charge in [-0.3, -0.25) is 0 Å². The number of hydrogen-bond donors (Lipinski definition) is 0. The zero-order valence-electron chi connectivity index (χ0n) is 14.4. The summed E-state index contributed by atoms with van der Waals surface area (Å²) in [7, 11) is 2.33. The van der Waals surface area contributed by atoms with Gasteiger partial charge in [0.05, 0.1) is 0 Å². The minimum atomic E-state index is 0.853. The van der Waals surface area contributed by atoms with Crippen LogP contribution in [0.5, 0.6) is 0 Å². The molecule has 2 atom stereocenters. The first-order chi connectivity index (χ1) is 11.3. The van der Waals surface area contributed by atoms with Gasteiger partial charge in [0.2, 0.25) is 5.69 Å². The molecular formula is C22H26N+. The summed E-state index contributed by atoms with van der Waals surface area (Å²) >= 11 is 0. The van der Waals surface area contributed by atoms with E-state index in [-0.39, 0.29) is 0 Å². The Labute approximate surface area is 139 Å². The van der Waals surface area contributed by atoms with Gasteiger partial charge in [0, 0.05) is 23.1 Å². The van der Waals surface area contributed by atoms with E-state index >= 15 is 0 Å². The van der Waals surface area contributed by atoms with Crippen LogP contribution in [0.1, 0.15) is 71.9 Å². The van der Waals surface area contributed by atoms with E-state index in [1.807, 2.05) is 0 Å². The van der Waals surface area contributed by atoms with E-state index in [9.17, 15) is 0 Å². The van der Waals surface area contributed by atoms with Gasteiger partial charge in [0.25, 0.3) is 0 Å². The maximum Gasteiger partial charge on any atom is 0.216 e. The summed E-state index contributed by atoms with van der Waals surface area (Å²) in [5.41, 5.74) is 11.3. The van der Waals surface area contributed by atoms with Crippen LogP contribution in [-0.4, -0.2) is 0 Å². The maximum absolute atomic E-state index is 2.57. The van der Waals surface area contributed by atoms with Crippen LogP contribution in [0.25, 0.3) is 11.3 Å². The normalized spacial score (nSPS) is 24.6. The summed E-state index contributed by atoms with van der Waals surface area (Å²) in [6.45, 7) is 2.27. The molecule has 1 heterocycles. The molecule has 0 N–H and O–H groups in total. The molecule has 0 radical (unpaired) electrons. The van der Waals surface area contributed by atoms with Gasteiger partial charge in [-0.2, -0.15) is 4.57 Å². The Morgan fingerprint density at radius 2 is 1.70 bits per heavy atom. The Balaban J connectivity index is 1.87. The van der Waals surface area contributed by atoms with Gasteiger partial charge in [0.15, 0.2) is 5.69 Å². The SMILES string of the molecule is Cc1ccccc1-c1c2c3c4c([n+]1C)CCC4CCC3CCC2. The van der Waals surface area contributed by atoms with Crippen molar-refractivity contribution in [1.82, 2.24) is 0 Å². The molecule has 2 unspecified atom stereocenters. The number of aryl methyl sites for hydroxylation is 1. The van der Waals surface area contributed by atoms with E-state index in [1.165, 1.54) is 61.8 Å². The van der Waals surface area contributed by atoms with Crippen molar-refractivity contribution in [2.75, 3.05) is 0 Å². The van der Waals surface area contributed by atoms with Crippen LogP contribution in [0.2, 0.25) is 0 Å². The number of hydrogen-bond acceptors (Lipinski definition) is 0. The topological polar surface area (TPSA) is 3.88 Å². The highest BCUT2D eigenvalue weighted by molar-refractivity contribution is 5.68. The van der Waals surface area contributed by atoms with Crippen molar-refractivity contribution < 1.29 is 4.57 Å². The molecule has 0 saturated heterocycles. The van der Waals surface area contributed by atoms with Gasteiger partial charge in [-0.15, -0.1) is 0 Å². The fourth-order valence-electron chi connectivity index (χ4n) is 5.73. The Morgan fingerprint density at radius 3 is 2.52 bits per heavy atom. The molecule has 23 heavy (non-hydrogen) atoms. The molecule has 0 spiro atoms. The molecule has 0 saturated carbocycles. The van der Waals surface area contributed by atoms with Crippen LogP contribution in [0.15, 0.2) is 24.3 Å². The first-order valence-corrected chi connectivity index (χ1v) is 9.39. The molecule has 118 valence electrons. The van der Waals surface area contributed by atoms with Crippen LogP contribution in [0.3, 0.4) is 0 Å². The third kappa shape index (κ3) is 1.83. The van der Waals surface area contributed by atoms with Crippen LogP contribution < -0.4 is 4.57 Å². The van der Waals surface area contributed by atoms with Gasteiger partial charge in [0.1, 0.15) is 7.05 Å². The second-order valence-corrected chi connectivity index (χ2v) is 7.88. The number of nitrogens with zero attached hydrogens (tertiary/aromatic N) is 1. The Morgan fingerprint density at radius 1 is 0.913 bits per heavy atom. The van der Waals surface area contributed by atoms with E-state index in [0.29, 0.717) is 0 Å². The monoisotopic (exact) mass is 304 g/mol. The smallest absolute Gasteiger partial charge is 0.198 e. The highest BCUT2D eigenvalue weighted by Gasteiger charge is 2.43. The van der Waals surface area contributed by atoms with Crippen molar-refractivity contribution in [2.24, 2.45) is 7.05 Å². The molecule has 0 aliphatic heterocycles. The first-order valence-electron chi connectivity index (χ1n) is 9.39. The Kier molecular flexibility index (Phi) is 2.95. The lowest BCUT2D eigenvalue weighted by atomic mass is 9.70. The lowest BCUT2D eigenvalue weighted by molar-refractivity contribution is -0.668. The highest BCUT2D eigenvalue weighted by Crippen LogP contribution is 2.52. The molecule has 3 aliphatic rings. The van der Waals surface area contributed by atoms with Gasteiger partial charge < -0.3 is 0 Å². The molecule has 1 nitrogen and oxygen atoms in total. The Hall–Kier alpha value is -1.63. The fraction of sp³-hybridized carbons (Fsp3) is 0.500. The zero-order valence-corrected chi connectivity index (χ0v) is 14.4. The number of aromatic nitrogens is 1. The fourth-order valence-corrected chi connectivity index (χ4v) is 5.73. The van der Waals surface area contributed by atoms with E-state index < -0.39 is 0 Å². The molecule has 5 rings (SSSR count). The van der Waals surface area contributed by atoms with Crippen molar-refractivity contribution >= 4 is 0 Å². The summed E-state index contributed by atoms with van der Waals surface area (Å²) in [6, 6.07) is 8.97. The number of rotatable bonds is 1. The van der Waals surface area contributed by atoms with Gasteiger partial charge in [-0.1, -0.05) is 18.2 Å². The molecular weight excluding hydrogens is 278 g/mol. The van der Waals surface area contributed by atoms with Crippen molar-refractivity contribution in [2.45, 2.75) is 63.7 Å². The maximum atomic E-state index is 2.57. The molecule has 1 heteroatoms. The third-order valence-corrected chi connectivity index (χ3v) is 6.74.